The predicted octanol–water partition coefficient (Wildman–Crippen LogP) is 0.177. The molecule has 94 valence electrons. The zero-order valence-electron chi connectivity index (χ0n) is 9.92. The van der Waals surface area contributed by atoms with Crippen molar-refractivity contribution in [1.29, 1.82) is 5.26 Å². The van der Waals surface area contributed by atoms with E-state index < -0.39 is 0 Å². The first-order valence-electron chi connectivity index (χ1n) is 5.17. The third-order valence-electron chi connectivity index (χ3n) is 1.87. The molecule has 0 saturated heterocycles. The summed E-state index contributed by atoms with van der Waals surface area (Å²) in [5, 5.41) is 8.89. The van der Waals surface area contributed by atoms with Gasteiger partial charge in [0.25, 0.3) is 0 Å². The van der Waals surface area contributed by atoms with Gasteiger partial charge in [0.2, 0.25) is 5.96 Å². The van der Waals surface area contributed by atoms with Gasteiger partial charge in [-0.3, -0.25) is 0 Å². The van der Waals surface area contributed by atoms with Gasteiger partial charge in [-0.1, -0.05) is 0 Å². The molecule has 1 rings (SSSR count). The molecule has 6 N–H and O–H groups in total. The fourth-order valence-corrected chi connectivity index (χ4v) is 1.24. The average Bonchev–Trinajstić information content (AvgIpc) is 2.28. The molecular weight excluding hydrogens is 232 g/mol. The summed E-state index contributed by atoms with van der Waals surface area (Å²) in [4.78, 5) is 7.56. The van der Waals surface area contributed by atoms with E-state index in [1.165, 1.54) is 0 Å². The van der Waals surface area contributed by atoms with Crippen LogP contribution in [0.5, 0.6) is 5.75 Å². The summed E-state index contributed by atoms with van der Waals surface area (Å²) in [5.41, 5.74) is 16.8. The van der Waals surface area contributed by atoms with E-state index in [1.807, 2.05) is 13.0 Å². The molecule has 0 bridgehead atoms. The van der Waals surface area contributed by atoms with Crippen molar-refractivity contribution in [2.75, 3.05) is 6.61 Å². The SMILES string of the molecule is CCOc1cc(N=C(N)N=C(N)N)ccc1C#N. The van der Waals surface area contributed by atoms with Crippen molar-refractivity contribution in [1.82, 2.24) is 0 Å². The Bertz CT molecular complexity index is 525. The monoisotopic (exact) mass is 246 g/mol. The smallest absolute Gasteiger partial charge is 0.223 e. The van der Waals surface area contributed by atoms with Crippen LogP contribution in [0.2, 0.25) is 0 Å². The molecule has 0 heterocycles. The number of nitrogens with two attached hydrogens (primary N) is 3. The predicted molar refractivity (Wildman–Crippen MR) is 69.4 cm³/mol. The van der Waals surface area contributed by atoms with Crippen LogP contribution in [0.25, 0.3) is 0 Å². The Balaban J connectivity index is 3.09. The lowest BCUT2D eigenvalue weighted by Crippen LogP contribution is -2.26. The highest BCUT2D eigenvalue weighted by Gasteiger charge is 2.04. The topological polar surface area (TPSA) is 136 Å². The number of guanidine groups is 2. The molecule has 1 aromatic rings. The zero-order chi connectivity index (χ0) is 13.5. The number of nitrogens with zero attached hydrogens (tertiary/aromatic N) is 3. The van der Waals surface area contributed by atoms with Crippen LogP contribution in [0.4, 0.5) is 5.69 Å². The summed E-state index contributed by atoms with van der Waals surface area (Å²) in [6, 6.07) is 6.83. The van der Waals surface area contributed by atoms with Crippen LogP contribution in [-0.2, 0) is 0 Å². The quantitative estimate of drug-likeness (QED) is 0.516. The summed E-state index contributed by atoms with van der Waals surface area (Å²) < 4.78 is 5.31. The van der Waals surface area contributed by atoms with Gasteiger partial charge in [0.05, 0.1) is 17.9 Å². The minimum atomic E-state index is -0.171. The molecule has 0 aliphatic rings. The molecule has 0 aromatic heterocycles. The Kier molecular flexibility index (Phi) is 4.51. The molecule has 0 aliphatic heterocycles. The first-order chi connectivity index (χ1) is 8.56. The van der Waals surface area contributed by atoms with Gasteiger partial charge in [-0.05, 0) is 19.1 Å². The number of ether oxygens (including phenoxy) is 1. The summed E-state index contributed by atoms with van der Waals surface area (Å²) >= 11 is 0. The maximum atomic E-state index is 8.89. The van der Waals surface area contributed by atoms with Crippen molar-refractivity contribution >= 4 is 17.6 Å². The second kappa shape index (κ2) is 6.10. The van der Waals surface area contributed by atoms with E-state index in [9.17, 15) is 0 Å². The van der Waals surface area contributed by atoms with Crippen LogP contribution >= 0.6 is 0 Å². The van der Waals surface area contributed by atoms with E-state index >= 15 is 0 Å². The van der Waals surface area contributed by atoms with Crippen molar-refractivity contribution in [3.05, 3.63) is 23.8 Å². The van der Waals surface area contributed by atoms with Gasteiger partial charge in [-0.25, -0.2) is 4.99 Å². The Morgan fingerprint density at radius 2 is 2.11 bits per heavy atom. The van der Waals surface area contributed by atoms with Crippen LogP contribution in [0.1, 0.15) is 12.5 Å². The standard InChI is InChI=1S/C11H14N6O/c1-2-18-9-5-8(4-3-7(9)6-12)16-11(15)17-10(13)14/h3-5H,2H2,1H3,(H6,13,14,15,16,17). The fraction of sp³-hybridized carbons (Fsp3) is 0.182. The van der Waals surface area contributed by atoms with Gasteiger partial charge in [0.15, 0.2) is 5.96 Å². The molecule has 1 aromatic carbocycles. The van der Waals surface area contributed by atoms with Crippen molar-refractivity contribution in [2.24, 2.45) is 27.2 Å². The number of hydrogen-bond acceptors (Lipinski definition) is 3. The first kappa shape index (κ1) is 13.3. The maximum Gasteiger partial charge on any atom is 0.223 e. The van der Waals surface area contributed by atoms with Crippen LogP contribution in [-0.4, -0.2) is 18.5 Å². The molecule has 7 heteroatoms. The minimum Gasteiger partial charge on any atom is -0.492 e. The van der Waals surface area contributed by atoms with E-state index in [1.54, 1.807) is 18.2 Å². The number of rotatable bonds is 3. The van der Waals surface area contributed by atoms with Gasteiger partial charge < -0.3 is 21.9 Å². The molecular formula is C11H14N6O. The van der Waals surface area contributed by atoms with E-state index in [0.717, 1.165) is 0 Å². The lowest BCUT2D eigenvalue weighted by atomic mass is 10.2. The third-order valence-corrected chi connectivity index (χ3v) is 1.87. The van der Waals surface area contributed by atoms with Gasteiger partial charge >= 0.3 is 0 Å². The van der Waals surface area contributed by atoms with Gasteiger partial charge in [-0.2, -0.15) is 10.3 Å². The molecule has 0 amide bonds. The average molecular weight is 246 g/mol. The molecule has 0 saturated carbocycles. The van der Waals surface area contributed by atoms with Crippen LogP contribution < -0.4 is 21.9 Å². The highest BCUT2D eigenvalue weighted by molar-refractivity contribution is 5.93. The van der Waals surface area contributed by atoms with Crippen LogP contribution in [0, 0.1) is 11.3 Å². The Morgan fingerprint density at radius 1 is 1.39 bits per heavy atom. The van der Waals surface area contributed by atoms with Gasteiger partial charge in [0, 0.05) is 6.07 Å². The summed E-state index contributed by atoms with van der Waals surface area (Å²) in [6.45, 7) is 2.27. The lowest BCUT2D eigenvalue weighted by Gasteiger charge is -2.05. The van der Waals surface area contributed by atoms with Gasteiger partial charge in [-0.15, -0.1) is 0 Å². The minimum absolute atomic E-state index is 0.0674. The van der Waals surface area contributed by atoms with E-state index in [4.69, 9.17) is 27.2 Å². The second-order valence-electron chi connectivity index (χ2n) is 3.23. The van der Waals surface area contributed by atoms with E-state index in [0.29, 0.717) is 23.6 Å². The lowest BCUT2D eigenvalue weighted by molar-refractivity contribution is 0.339. The molecule has 0 fully saturated rings. The molecule has 18 heavy (non-hydrogen) atoms. The second-order valence-corrected chi connectivity index (χ2v) is 3.23. The fourth-order valence-electron chi connectivity index (χ4n) is 1.24. The highest BCUT2D eigenvalue weighted by atomic mass is 16.5. The summed E-state index contributed by atoms with van der Waals surface area (Å²) in [7, 11) is 0. The maximum absolute atomic E-state index is 8.89. The van der Waals surface area contributed by atoms with Crippen LogP contribution in [0.3, 0.4) is 0 Å². The molecule has 0 unspecified atom stereocenters. The third kappa shape index (κ3) is 3.68. The molecule has 7 nitrogen and oxygen atoms in total. The summed E-state index contributed by atoms with van der Waals surface area (Å²) in [6.07, 6.45) is 0. The molecule has 0 radical (unpaired) electrons. The zero-order valence-corrected chi connectivity index (χ0v) is 9.92. The molecule has 0 spiro atoms. The number of hydrogen-bond donors (Lipinski definition) is 3. The molecule has 0 atom stereocenters. The van der Waals surface area contributed by atoms with Crippen molar-refractivity contribution in [3.8, 4) is 11.8 Å². The van der Waals surface area contributed by atoms with Crippen molar-refractivity contribution < 1.29 is 4.74 Å². The number of benzene rings is 1. The first-order valence-corrected chi connectivity index (χ1v) is 5.17. The normalized spacial score (nSPS) is 10.6. The number of aliphatic imine (C=N–C) groups is 2. The van der Waals surface area contributed by atoms with Gasteiger partial charge in [0.1, 0.15) is 11.8 Å². The highest BCUT2D eigenvalue weighted by Crippen LogP contribution is 2.24. The summed E-state index contributed by atoms with van der Waals surface area (Å²) in [5.74, 6) is 0.204. The Hall–Kier alpha value is -2.75. The van der Waals surface area contributed by atoms with Crippen LogP contribution in [0.15, 0.2) is 28.2 Å². The van der Waals surface area contributed by atoms with E-state index in [2.05, 4.69) is 9.98 Å². The van der Waals surface area contributed by atoms with Crippen molar-refractivity contribution in [2.45, 2.75) is 6.92 Å². The molecule has 0 aliphatic carbocycles. The Labute approximate surface area is 105 Å². The number of nitriles is 1. The van der Waals surface area contributed by atoms with E-state index in [-0.39, 0.29) is 11.9 Å². The largest absolute Gasteiger partial charge is 0.492 e. The van der Waals surface area contributed by atoms with Crippen molar-refractivity contribution in [3.63, 3.8) is 0 Å². The Morgan fingerprint density at radius 3 is 2.67 bits per heavy atom.